The maximum absolute atomic E-state index is 6.78. The molecule has 0 fully saturated rings. The van der Waals surface area contributed by atoms with Crippen LogP contribution in [0.1, 0.15) is 70.7 Å². The summed E-state index contributed by atoms with van der Waals surface area (Å²) in [4.78, 5) is 9.55. The van der Waals surface area contributed by atoms with Crippen LogP contribution < -0.4 is 14.5 Å². The quantitative estimate of drug-likeness (QED) is 0.121. The van der Waals surface area contributed by atoms with Gasteiger partial charge in [0, 0.05) is 66.5 Å². The molecule has 0 bridgehead atoms. The van der Waals surface area contributed by atoms with Crippen molar-refractivity contribution in [3.05, 3.63) is 259 Å². The van der Waals surface area contributed by atoms with Crippen LogP contribution in [0.15, 0.2) is 218 Å². The molecule has 11 rings (SSSR count). The van der Waals surface area contributed by atoms with Gasteiger partial charge in [-0.25, -0.2) is 4.98 Å². The molecule has 360 valence electrons. The smallest absolute Gasteiger partial charge is 0.135 e. The zero-order chi connectivity index (χ0) is 48.9. The third-order valence-corrected chi connectivity index (χ3v) is 14.3. The fraction of sp³-hybridized carbons (Fsp3) is 0.152. The normalized spacial score (nSPS) is 13.1. The van der Waals surface area contributed by atoms with Crippen LogP contribution in [0.2, 0.25) is 0 Å². The maximum Gasteiger partial charge on any atom is 0.135 e. The van der Waals surface area contributed by atoms with Crippen molar-refractivity contribution in [3.8, 4) is 39.6 Å². The largest absolute Gasteiger partial charge is 0.509 e. The summed E-state index contributed by atoms with van der Waals surface area (Å²) in [6.45, 7) is 18.2. The van der Waals surface area contributed by atoms with Gasteiger partial charge in [-0.3, -0.25) is 0 Å². The molecule has 5 nitrogen and oxygen atoms in total. The molecule has 1 aliphatic heterocycles. The Labute approximate surface area is 439 Å². The number of benzene rings is 8. The van der Waals surface area contributed by atoms with Gasteiger partial charge in [0.05, 0.1) is 0 Å². The summed E-state index contributed by atoms with van der Waals surface area (Å²) in [5, 5.41) is 2.18. The van der Waals surface area contributed by atoms with Crippen LogP contribution in [0.3, 0.4) is 0 Å². The van der Waals surface area contributed by atoms with E-state index in [1.807, 2.05) is 24.4 Å². The first-order chi connectivity index (χ1) is 34.3. The molecule has 8 aromatic carbocycles. The fourth-order valence-corrected chi connectivity index (χ4v) is 9.95. The number of hydrogen-bond donors (Lipinski definition) is 0. The van der Waals surface area contributed by atoms with Gasteiger partial charge < -0.3 is 19.1 Å². The molecule has 2 aromatic heterocycles. The first kappa shape index (κ1) is 48.2. The molecule has 0 saturated heterocycles. The summed E-state index contributed by atoms with van der Waals surface area (Å²) in [6.07, 6.45) is 4.17. The van der Waals surface area contributed by atoms with Crippen molar-refractivity contribution in [2.24, 2.45) is 0 Å². The second-order valence-corrected chi connectivity index (χ2v) is 20.7. The average molecular weight is 1120 g/mol. The van der Waals surface area contributed by atoms with E-state index in [0.717, 1.165) is 50.3 Å². The maximum atomic E-state index is 6.78. The van der Waals surface area contributed by atoms with Gasteiger partial charge in [-0.1, -0.05) is 194 Å². The van der Waals surface area contributed by atoms with Gasteiger partial charge in [0.25, 0.3) is 0 Å². The van der Waals surface area contributed by atoms with Gasteiger partial charge in [0.1, 0.15) is 5.82 Å². The van der Waals surface area contributed by atoms with Gasteiger partial charge in [-0.15, -0.1) is 48.1 Å². The second-order valence-electron chi connectivity index (χ2n) is 20.7. The number of ether oxygens (including phenoxy) is 1. The van der Waals surface area contributed by atoms with Gasteiger partial charge >= 0.3 is 0 Å². The minimum absolute atomic E-state index is 0. The van der Waals surface area contributed by atoms with Crippen LogP contribution in [-0.4, -0.2) is 9.55 Å². The third-order valence-electron chi connectivity index (χ3n) is 14.3. The van der Waals surface area contributed by atoms with E-state index in [1.165, 1.54) is 38.9 Å². The molecule has 0 radical (unpaired) electrons. The summed E-state index contributed by atoms with van der Waals surface area (Å²) >= 11 is 0. The van der Waals surface area contributed by atoms with Crippen LogP contribution >= 0.6 is 0 Å². The minimum atomic E-state index is -0.359. The van der Waals surface area contributed by atoms with E-state index in [4.69, 9.17) is 9.72 Å². The first-order valence-corrected chi connectivity index (χ1v) is 24.5. The van der Waals surface area contributed by atoms with E-state index < -0.39 is 0 Å². The Bertz CT molecular complexity index is 3580. The van der Waals surface area contributed by atoms with Crippen molar-refractivity contribution in [2.75, 3.05) is 9.80 Å². The first-order valence-electron chi connectivity index (χ1n) is 24.5. The zero-order valence-electron chi connectivity index (χ0n) is 41.8. The molecule has 10 aromatic rings. The van der Waals surface area contributed by atoms with Gasteiger partial charge in [-0.05, 0) is 91.8 Å². The predicted molar refractivity (Wildman–Crippen MR) is 294 cm³/mol. The van der Waals surface area contributed by atoms with Crippen molar-refractivity contribution in [3.63, 3.8) is 0 Å². The summed E-state index contributed by atoms with van der Waals surface area (Å²) < 4.78 is 9.00. The van der Waals surface area contributed by atoms with Crippen molar-refractivity contribution < 1.29 is 25.8 Å². The molecule has 0 atom stereocenters. The summed E-state index contributed by atoms with van der Waals surface area (Å²) in [5.74, 6) is 1.99. The Hall–Kier alpha value is -7.46. The van der Waals surface area contributed by atoms with Crippen molar-refractivity contribution >= 4 is 33.2 Å². The fourth-order valence-electron chi connectivity index (χ4n) is 9.95. The van der Waals surface area contributed by atoms with E-state index in [-0.39, 0.29) is 37.3 Å². The molecule has 3 heterocycles. The van der Waals surface area contributed by atoms with Crippen LogP contribution in [0.25, 0.3) is 49.9 Å². The van der Waals surface area contributed by atoms with Gasteiger partial charge in [0.2, 0.25) is 0 Å². The molecule has 6 heteroatoms. The van der Waals surface area contributed by atoms with Gasteiger partial charge in [-0.2, -0.15) is 12.1 Å². The molecule has 0 spiro atoms. The molecule has 0 N–H and O–H groups in total. The molecule has 0 aliphatic carbocycles. The minimum Gasteiger partial charge on any atom is -0.509 e. The third kappa shape index (κ3) is 9.19. The predicted octanol–water partition coefficient (Wildman–Crippen LogP) is 16.8. The van der Waals surface area contributed by atoms with Crippen molar-refractivity contribution in [1.82, 2.24) is 9.55 Å². The summed E-state index contributed by atoms with van der Waals surface area (Å²) in [6, 6.07) is 78.3. The van der Waals surface area contributed by atoms with E-state index in [2.05, 4.69) is 270 Å². The topological polar surface area (TPSA) is 33.5 Å². The molecular formula is C66H57N4OPt-3. The number of pyridine rings is 1. The Morgan fingerprint density at radius 3 is 1.78 bits per heavy atom. The molecule has 0 unspecified atom stereocenters. The Balaban J connectivity index is 0.00000596. The van der Waals surface area contributed by atoms with E-state index in [9.17, 15) is 0 Å². The van der Waals surface area contributed by atoms with E-state index in [0.29, 0.717) is 11.5 Å². The number of aromatic nitrogens is 2. The monoisotopic (exact) mass is 1120 g/mol. The Kier molecular flexibility index (Phi) is 12.9. The zero-order valence-corrected chi connectivity index (χ0v) is 44.1. The SMILES string of the molecule is CC(C)(C)c1cc(-c2ccccc2)cc(N2[CH-]N(c3[c-]c(Oc4[c-]c5c(cc4)c4cc(-c6ccccc6)ccc4n5-c4cc(C(C)(C)c5ccccc5)ccn4)ccc3)C=C2C(C)(C)c2ccccc2)c1.[Pt]. The van der Waals surface area contributed by atoms with E-state index >= 15 is 0 Å². The number of nitrogens with zero attached hydrogens (tertiary/aromatic N) is 4. The number of hydrogen-bond acceptors (Lipinski definition) is 4. The molecular weight excluding hydrogens is 1060 g/mol. The Morgan fingerprint density at radius 1 is 0.486 bits per heavy atom. The summed E-state index contributed by atoms with van der Waals surface area (Å²) in [7, 11) is 0. The van der Waals surface area contributed by atoms with E-state index in [1.54, 1.807) is 0 Å². The molecule has 72 heavy (non-hydrogen) atoms. The van der Waals surface area contributed by atoms with Crippen molar-refractivity contribution in [1.29, 1.82) is 0 Å². The van der Waals surface area contributed by atoms with Crippen molar-refractivity contribution in [2.45, 2.75) is 64.7 Å². The molecule has 1 aliphatic rings. The number of anilines is 2. The molecule has 0 amide bonds. The average Bonchev–Trinajstić information content (AvgIpc) is 4.00. The second kappa shape index (κ2) is 19.3. The van der Waals surface area contributed by atoms with Crippen LogP contribution in [-0.2, 0) is 37.3 Å². The Morgan fingerprint density at radius 2 is 1.11 bits per heavy atom. The molecule has 0 saturated carbocycles. The standard InChI is InChI=1S/C66H57N4O.Pt/c1-64(2,3)53-37-49(47-23-14-9-15-24-47)38-55(40-53)69-45-68(44-62(69)66(6,7)51-27-18-11-19-28-51)54-29-20-30-56(42-54)71-57-32-33-58-59-39-48(46-21-12-8-13-22-46)31-34-60(59)70(61(58)43-57)63-41-52(35-36-67-63)65(4,5)50-25-16-10-17-26-50;/h8-41,44-45H,1-7H3;/q-3;. The van der Waals surface area contributed by atoms with Crippen LogP contribution in [0.5, 0.6) is 11.5 Å². The number of fused-ring (bicyclic) bond motifs is 3. The van der Waals surface area contributed by atoms with Gasteiger partial charge in [0.15, 0.2) is 0 Å². The van der Waals surface area contributed by atoms with Crippen LogP contribution in [0, 0.1) is 18.8 Å². The number of allylic oxidation sites excluding steroid dienone is 1. The number of rotatable bonds is 11. The summed E-state index contributed by atoms with van der Waals surface area (Å²) in [5.41, 5.74) is 13.9. The van der Waals surface area contributed by atoms with Crippen LogP contribution in [0.4, 0.5) is 11.4 Å².